The highest BCUT2D eigenvalue weighted by atomic mass is 79.9. The molecule has 0 N–H and O–H groups in total. The van der Waals surface area contributed by atoms with Gasteiger partial charge in [-0.05, 0) is 54.3 Å². The smallest absolute Gasteiger partial charge is 0.260 e. The fourth-order valence-corrected chi connectivity index (χ4v) is 4.72. The quantitative estimate of drug-likeness (QED) is 0.335. The minimum atomic E-state index is -0.0823. The van der Waals surface area contributed by atoms with Crippen molar-refractivity contribution in [1.82, 2.24) is 9.97 Å². The van der Waals surface area contributed by atoms with E-state index < -0.39 is 0 Å². The zero-order chi connectivity index (χ0) is 19.5. The van der Waals surface area contributed by atoms with Gasteiger partial charge in [0.15, 0.2) is 5.13 Å². The van der Waals surface area contributed by atoms with Crippen LogP contribution >= 0.6 is 39.0 Å². The van der Waals surface area contributed by atoms with E-state index in [4.69, 9.17) is 4.98 Å². The van der Waals surface area contributed by atoms with Gasteiger partial charge in [-0.1, -0.05) is 39.4 Å². The maximum atomic E-state index is 13.3. The van der Waals surface area contributed by atoms with Crippen LogP contribution in [0.5, 0.6) is 0 Å². The van der Waals surface area contributed by atoms with Crippen LogP contribution in [0.1, 0.15) is 15.9 Å². The Hall–Kier alpha value is -2.22. The summed E-state index contributed by atoms with van der Waals surface area (Å²) in [7, 11) is 0. The van der Waals surface area contributed by atoms with Gasteiger partial charge in [-0.3, -0.25) is 14.7 Å². The summed E-state index contributed by atoms with van der Waals surface area (Å²) in [6.07, 6.45) is 5.55. The van der Waals surface area contributed by atoms with Crippen molar-refractivity contribution in [2.45, 2.75) is 11.4 Å². The van der Waals surface area contributed by atoms with Crippen LogP contribution in [0.3, 0.4) is 0 Å². The summed E-state index contributed by atoms with van der Waals surface area (Å²) in [5.74, 6) is -0.0823. The second-order valence-electron chi connectivity index (χ2n) is 6.06. The highest BCUT2D eigenvalue weighted by molar-refractivity contribution is 9.10. The highest BCUT2D eigenvalue weighted by Crippen LogP contribution is 2.35. The molecule has 2 heterocycles. The van der Waals surface area contributed by atoms with E-state index >= 15 is 0 Å². The van der Waals surface area contributed by atoms with Crippen LogP contribution in [0.2, 0.25) is 0 Å². The maximum Gasteiger partial charge on any atom is 0.260 e. The molecule has 0 spiro atoms. The third-order valence-electron chi connectivity index (χ3n) is 4.22. The molecule has 0 unspecified atom stereocenters. The number of carbonyl (C=O) groups is 1. The molecule has 4 nitrogen and oxygen atoms in total. The van der Waals surface area contributed by atoms with Gasteiger partial charge < -0.3 is 0 Å². The fraction of sp³-hybridized carbons (Fsp3) is 0.0952. The number of nitrogens with zero attached hydrogens (tertiary/aromatic N) is 3. The Labute approximate surface area is 179 Å². The van der Waals surface area contributed by atoms with E-state index in [0.717, 1.165) is 25.1 Å². The van der Waals surface area contributed by atoms with Crippen molar-refractivity contribution in [1.29, 1.82) is 0 Å². The predicted octanol–water partition coefficient (Wildman–Crippen LogP) is 6.02. The molecular weight excluding hydrogens is 454 g/mol. The third kappa shape index (κ3) is 3.97. The molecule has 0 saturated carbocycles. The standard InChI is InChI=1S/C21H16BrN3OS2/c1-27-17-5-2-6-18-19(17)24-21(28-18)25(13-14-4-3-11-23-12-14)20(26)15-7-9-16(22)10-8-15/h2-12H,13H2,1H3. The lowest BCUT2D eigenvalue weighted by Gasteiger charge is -2.20. The maximum absolute atomic E-state index is 13.3. The van der Waals surface area contributed by atoms with Crippen LogP contribution in [0, 0.1) is 0 Å². The molecule has 4 aromatic rings. The molecule has 0 fully saturated rings. The molecule has 0 radical (unpaired) electrons. The van der Waals surface area contributed by atoms with Gasteiger partial charge >= 0.3 is 0 Å². The summed E-state index contributed by atoms with van der Waals surface area (Å²) in [5.41, 5.74) is 2.52. The number of thioether (sulfide) groups is 1. The van der Waals surface area contributed by atoms with E-state index in [9.17, 15) is 4.79 Å². The van der Waals surface area contributed by atoms with E-state index in [1.165, 1.54) is 11.3 Å². The van der Waals surface area contributed by atoms with Gasteiger partial charge in [-0.25, -0.2) is 4.98 Å². The molecule has 1 amide bonds. The summed E-state index contributed by atoms with van der Waals surface area (Å²) in [5, 5.41) is 0.688. The van der Waals surface area contributed by atoms with Gasteiger partial charge in [-0.15, -0.1) is 11.8 Å². The van der Waals surface area contributed by atoms with Crippen molar-refractivity contribution in [2.75, 3.05) is 11.2 Å². The van der Waals surface area contributed by atoms with Crippen LogP contribution < -0.4 is 4.90 Å². The van der Waals surface area contributed by atoms with Gasteiger partial charge in [0.05, 0.1) is 16.8 Å². The monoisotopic (exact) mass is 469 g/mol. The summed E-state index contributed by atoms with van der Waals surface area (Å²) >= 11 is 6.61. The van der Waals surface area contributed by atoms with Gasteiger partial charge in [0.25, 0.3) is 5.91 Å². The Morgan fingerprint density at radius 1 is 1.14 bits per heavy atom. The average Bonchev–Trinajstić information content (AvgIpc) is 3.17. The van der Waals surface area contributed by atoms with Gasteiger partial charge in [0.2, 0.25) is 0 Å². The largest absolute Gasteiger partial charge is 0.279 e. The zero-order valence-corrected chi connectivity index (χ0v) is 18.2. The highest BCUT2D eigenvalue weighted by Gasteiger charge is 2.22. The minimum Gasteiger partial charge on any atom is -0.279 e. The van der Waals surface area contributed by atoms with Crippen LogP contribution in [-0.4, -0.2) is 22.1 Å². The van der Waals surface area contributed by atoms with E-state index in [-0.39, 0.29) is 5.91 Å². The van der Waals surface area contributed by atoms with E-state index in [0.29, 0.717) is 17.2 Å². The first kappa shape index (κ1) is 19.1. The number of anilines is 1. The number of fused-ring (bicyclic) bond motifs is 1. The van der Waals surface area contributed by atoms with Crippen molar-refractivity contribution in [3.05, 3.63) is 82.6 Å². The molecule has 0 aliphatic heterocycles. The Morgan fingerprint density at radius 2 is 1.96 bits per heavy atom. The SMILES string of the molecule is CSc1cccc2sc(N(Cc3cccnc3)C(=O)c3ccc(Br)cc3)nc12. The molecule has 0 atom stereocenters. The van der Waals surface area contributed by atoms with E-state index in [1.54, 1.807) is 29.1 Å². The normalized spacial score (nSPS) is 10.9. The van der Waals surface area contributed by atoms with Crippen LogP contribution in [-0.2, 0) is 6.54 Å². The molecule has 7 heteroatoms. The Morgan fingerprint density at radius 3 is 2.68 bits per heavy atom. The second-order valence-corrected chi connectivity index (χ2v) is 8.84. The van der Waals surface area contributed by atoms with Gasteiger partial charge in [0, 0.05) is 27.3 Å². The number of halogens is 1. The number of aromatic nitrogens is 2. The number of benzene rings is 2. The molecule has 0 aliphatic carbocycles. The molecule has 140 valence electrons. The van der Waals surface area contributed by atoms with Crippen LogP contribution in [0.15, 0.2) is 76.4 Å². The average molecular weight is 470 g/mol. The zero-order valence-electron chi connectivity index (χ0n) is 15.0. The summed E-state index contributed by atoms with van der Waals surface area (Å²) < 4.78 is 2.01. The third-order valence-corrected chi connectivity index (χ3v) is 6.56. The van der Waals surface area contributed by atoms with Gasteiger partial charge in [-0.2, -0.15) is 0 Å². The van der Waals surface area contributed by atoms with Crippen LogP contribution in [0.4, 0.5) is 5.13 Å². The van der Waals surface area contributed by atoms with Crippen molar-refractivity contribution in [2.24, 2.45) is 0 Å². The van der Waals surface area contributed by atoms with Crippen molar-refractivity contribution >= 4 is 60.3 Å². The number of thiazole rings is 1. The Kier molecular flexibility index (Phi) is 5.75. The van der Waals surface area contributed by atoms with Gasteiger partial charge in [0.1, 0.15) is 0 Å². The number of para-hydroxylation sites is 1. The summed E-state index contributed by atoms with van der Waals surface area (Å²) in [4.78, 5) is 25.2. The van der Waals surface area contributed by atoms with Crippen molar-refractivity contribution in [3.8, 4) is 0 Å². The molecule has 0 aliphatic rings. The topological polar surface area (TPSA) is 46.1 Å². The Balaban J connectivity index is 1.78. The van der Waals surface area contributed by atoms with Crippen molar-refractivity contribution < 1.29 is 4.79 Å². The molecule has 0 bridgehead atoms. The first-order chi connectivity index (χ1) is 13.7. The molecule has 0 saturated heterocycles. The lowest BCUT2D eigenvalue weighted by atomic mass is 10.2. The number of hydrogen-bond donors (Lipinski definition) is 0. The number of hydrogen-bond acceptors (Lipinski definition) is 5. The van der Waals surface area contributed by atoms with E-state index in [2.05, 4.69) is 27.0 Å². The molecule has 2 aromatic heterocycles. The summed E-state index contributed by atoms with van der Waals surface area (Å²) in [6, 6.07) is 17.4. The van der Waals surface area contributed by atoms with Crippen LogP contribution in [0.25, 0.3) is 10.2 Å². The van der Waals surface area contributed by atoms with Crippen molar-refractivity contribution in [3.63, 3.8) is 0 Å². The molecular formula is C21H16BrN3OS2. The Bertz CT molecular complexity index is 1110. The lowest BCUT2D eigenvalue weighted by molar-refractivity contribution is 0.0985. The molecule has 2 aromatic carbocycles. The number of pyridine rings is 1. The lowest BCUT2D eigenvalue weighted by Crippen LogP contribution is -2.30. The first-order valence-corrected chi connectivity index (χ1v) is 11.4. The number of amides is 1. The number of rotatable bonds is 5. The summed E-state index contributed by atoms with van der Waals surface area (Å²) in [6.45, 7) is 0.414. The number of carbonyl (C=O) groups excluding carboxylic acids is 1. The minimum absolute atomic E-state index is 0.0823. The first-order valence-electron chi connectivity index (χ1n) is 8.55. The molecule has 4 rings (SSSR count). The fourth-order valence-electron chi connectivity index (χ4n) is 2.84. The predicted molar refractivity (Wildman–Crippen MR) is 120 cm³/mol. The molecule has 28 heavy (non-hydrogen) atoms. The second kappa shape index (κ2) is 8.43. The van der Waals surface area contributed by atoms with E-state index in [1.807, 2.05) is 54.8 Å².